The van der Waals surface area contributed by atoms with Crippen LogP contribution in [-0.4, -0.2) is 63.4 Å². The fourth-order valence-corrected chi connectivity index (χ4v) is 3.95. The number of rotatable bonds is 6. The van der Waals surface area contributed by atoms with E-state index in [2.05, 4.69) is 42.1 Å². The Balaban J connectivity index is 1.65. The van der Waals surface area contributed by atoms with Crippen LogP contribution >= 0.6 is 0 Å². The largest absolute Gasteiger partial charge is 0.491 e. The van der Waals surface area contributed by atoms with Crippen molar-refractivity contribution in [1.82, 2.24) is 24.4 Å². The van der Waals surface area contributed by atoms with Crippen LogP contribution < -0.4 is 21.1 Å². The van der Waals surface area contributed by atoms with E-state index in [4.69, 9.17) is 0 Å². The molecule has 2 N–H and O–H groups in total. The maximum absolute atomic E-state index is 13.4. The summed E-state index contributed by atoms with van der Waals surface area (Å²) in [4.78, 5) is 47.9. The van der Waals surface area contributed by atoms with Gasteiger partial charge in [-0.3, -0.25) is 13.9 Å². The lowest BCUT2D eigenvalue weighted by Gasteiger charge is -2.28. The van der Waals surface area contributed by atoms with Crippen LogP contribution in [0, 0.1) is 11.8 Å². The molecule has 0 atom stereocenters. The number of esters is 2. The summed E-state index contributed by atoms with van der Waals surface area (Å²) >= 11 is 0. The van der Waals surface area contributed by atoms with E-state index in [1.54, 1.807) is 11.5 Å². The second-order valence-corrected chi connectivity index (χ2v) is 8.30. The number of nitrogens with zero attached hydrogens (tertiary/aromatic N) is 5. The van der Waals surface area contributed by atoms with Gasteiger partial charge >= 0.3 is 18.1 Å². The molecule has 1 aliphatic rings. The number of hydrogen-bond donors (Lipinski definition) is 2. The minimum atomic E-state index is -5.31. The van der Waals surface area contributed by atoms with Crippen molar-refractivity contribution in [2.45, 2.75) is 26.2 Å². The van der Waals surface area contributed by atoms with Gasteiger partial charge in [-0.05, 0) is 19.1 Å². The monoisotopic (exact) mass is 531 g/mol. The van der Waals surface area contributed by atoms with Gasteiger partial charge in [0.1, 0.15) is 5.82 Å². The zero-order valence-corrected chi connectivity index (χ0v) is 20.6. The van der Waals surface area contributed by atoms with Crippen LogP contribution in [0.15, 0.2) is 29.1 Å². The first kappa shape index (κ1) is 26.7. The number of imidazole rings is 1. The second kappa shape index (κ2) is 10.9. The predicted octanol–water partition coefficient (Wildman–Crippen LogP) is 1.42. The lowest BCUT2D eigenvalue weighted by atomic mass is 10.2. The quantitative estimate of drug-likeness (QED) is 0.276. The van der Waals surface area contributed by atoms with E-state index in [0.29, 0.717) is 24.6 Å². The molecular weight excluding hydrogens is 507 g/mol. The molecule has 1 aromatic carbocycles. The fraction of sp³-hybridized carbons (Fsp3) is 0.375. The third-order valence-corrected chi connectivity index (χ3v) is 5.87. The third kappa shape index (κ3) is 5.47. The Morgan fingerprint density at radius 3 is 2.58 bits per heavy atom. The van der Waals surface area contributed by atoms with Gasteiger partial charge in [0, 0.05) is 38.9 Å². The highest BCUT2D eigenvalue weighted by atomic mass is 19.4. The lowest BCUT2D eigenvalue weighted by Crippen LogP contribution is -2.44. The van der Waals surface area contributed by atoms with Gasteiger partial charge in [0.25, 0.3) is 5.56 Å². The Morgan fingerprint density at radius 2 is 1.89 bits per heavy atom. The van der Waals surface area contributed by atoms with Gasteiger partial charge in [0.05, 0.1) is 18.7 Å². The molecule has 11 nitrogen and oxygen atoms in total. The van der Waals surface area contributed by atoms with Crippen LogP contribution in [0.3, 0.4) is 0 Å². The van der Waals surface area contributed by atoms with Crippen molar-refractivity contribution in [2.24, 2.45) is 7.05 Å². The normalized spacial score (nSPS) is 13.7. The molecule has 3 aromatic rings. The van der Waals surface area contributed by atoms with Gasteiger partial charge in [0.2, 0.25) is 5.95 Å². The third-order valence-electron chi connectivity index (χ3n) is 5.87. The highest BCUT2D eigenvalue weighted by Crippen LogP contribution is 2.23. The number of carbonyl (C=O) groups is 2. The molecule has 3 heterocycles. The van der Waals surface area contributed by atoms with E-state index in [0.717, 1.165) is 13.1 Å². The number of nitrogens with one attached hydrogen (secondary N) is 2. The molecule has 1 saturated heterocycles. The summed E-state index contributed by atoms with van der Waals surface area (Å²) in [6, 6.07) is 5.58. The van der Waals surface area contributed by atoms with Gasteiger partial charge in [-0.15, -0.1) is 5.92 Å². The van der Waals surface area contributed by atoms with Crippen LogP contribution in [0.2, 0.25) is 0 Å². The van der Waals surface area contributed by atoms with Crippen LogP contribution in [0.4, 0.5) is 24.8 Å². The molecule has 0 saturated carbocycles. The number of halogens is 3. The maximum atomic E-state index is 13.4. The molecular formula is C24H24F3N7O4. The molecule has 2 aromatic heterocycles. The molecule has 1 fully saturated rings. The van der Waals surface area contributed by atoms with Gasteiger partial charge in [-0.25, -0.2) is 14.6 Å². The first-order valence-electron chi connectivity index (χ1n) is 11.6. The Hall–Kier alpha value is -4.38. The van der Waals surface area contributed by atoms with Crippen molar-refractivity contribution in [2.75, 3.05) is 36.4 Å². The number of anilines is 2. The summed E-state index contributed by atoms with van der Waals surface area (Å²) in [5.41, 5.74) is -0.0456. The number of carbonyl (C=O) groups excluding carboxylic acids is 2. The first-order valence-corrected chi connectivity index (χ1v) is 11.6. The Labute approximate surface area is 214 Å². The number of ether oxygens (including phenoxy) is 1. The van der Waals surface area contributed by atoms with E-state index >= 15 is 0 Å². The average Bonchev–Trinajstić information content (AvgIpc) is 3.27. The molecule has 0 amide bonds. The highest BCUT2D eigenvalue weighted by Gasteiger charge is 2.42. The molecule has 1 aliphatic heterocycles. The molecule has 200 valence electrons. The van der Waals surface area contributed by atoms with Crippen LogP contribution in [0.5, 0.6) is 0 Å². The van der Waals surface area contributed by atoms with Gasteiger partial charge in [-0.2, -0.15) is 18.2 Å². The van der Waals surface area contributed by atoms with E-state index in [1.807, 2.05) is 0 Å². The molecule has 0 bridgehead atoms. The summed E-state index contributed by atoms with van der Waals surface area (Å²) in [6.45, 7) is 4.80. The molecule has 4 rings (SSSR count). The van der Waals surface area contributed by atoms with Crippen molar-refractivity contribution < 1.29 is 27.5 Å². The molecule has 0 aliphatic carbocycles. The Bertz CT molecular complexity index is 1490. The SMILES string of the molecule is CC#CCn1c(N2CCNCC2)nc2nc(CNc3ccccc3C(=O)OC(=O)C(F)(F)F)n(C)c(=O)c21. The number of fused-ring (bicyclic) bond motifs is 1. The molecule has 14 heteroatoms. The van der Waals surface area contributed by atoms with Crippen molar-refractivity contribution in [3.63, 3.8) is 0 Å². The zero-order valence-electron chi connectivity index (χ0n) is 20.6. The number of hydrogen-bond acceptors (Lipinski definition) is 9. The van der Waals surface area contributed by atoms with Crippen molar-refractivity contribution in [1.29, 1.82) is 0 Å². The number of benzene rings is 1. The van der Waals surface area contributed by atoms with Gasteiger partial charge in [0.15, 0.2) is 11.2 Å². The molecule has 0 spiro atoms. The minimum Gasteiger partial charge on any atom is -0.383 e. The predicted molar refractivity (Wildman–Crippen MR) is 132 cm³/mol. The molecule has 0 unspecified atom stereocenters. The number of alkyl halides is 3. The van der Waals surface area contributed by atoms with Crippen LogP contribution in [-0.2, 0) is 29.7 Å². The van der Waals surface area contributed by atoms with Crippen LogP contribution in [0.1, 0.15) is 23.1 Å². The van der Waals surface area contributed by atoms with Crippen molar-refractivity contribution >= 4 is 34.7 Å². The van der Waals surface area contributed by atoms with E-state index in [1.165, 1.54) is 35.9 Å². The standard InChI is InChI=1S/C24H24F3N7O4/c1-3-4-11-34-18-19(31-23(34)33-12-9-28-10-13-33)30-17(32(2)20(18)35)14-29-16-8-6-5-7-15(16)21(36)38-22(37)24(25,26)27/h5-8,28-29H,9-14H2,1-2H3. The minimum absolute atomic E-state index is 0.0796. The Morgan fingerprint density at radius 1 is 1.18 bits per heavy atom. The highest BCUT2D eigenvalue weighted by molar-refractivity contribution is 6.02. The van der Waals surface area contributed by atoms with Gasteiger partial charge < -0.3 is 20.3 Å². The number of para-hydroxylation sites is 1. The van der Waals surface area contributed by atoms with Gasteiger partial charge in [-0.1, -0.05) is 18.1 Å². The number of piperazine rings is 1. The first-order chi connectivity index (χ1) is 18.1. The van der Waals surface area contributed by atoms with Crippen molar-refractivity contribution in [3.05, 3.63) is 46.0 Å². The summed E-state index contributed by atoms with van der Waals surface area (Å²) in [5, 5.41) is 6.15. The van der Waals surface area contributed by atoms with E-state index in [9.17, 15) is 27.6 Å². The average molecular weight is 531 g/mol. The summed E-state index contributed by atoms with van der Waals surface area (Å²) in [5.74, 6) is 2.56. The number of aromatic nitrogens is 4. The lowest BCUT2D eigenvalue weighted by molar-refractivity contribution is -0.193. The molecule has 0 radical (unpaired) electrons. The van der Waals surface area contributed by atoms with Crippen molar-refractivity contribution in [3.8, 4) is 11.8 Å². The summed E-state index contributed by atoms with van der Waals surface area (Å²) in [6.07, 6.45) is -5.31. The topological polar surface area (TPSA) is 123 Å². The maximum Gasteiger partial charge on any atom is 0.491 e. The second-order valence-electron chi connectivity index (χ2n) is 8.30. The van der Waals surface area contributed by atoms with Crippen LogP contribution in [0.25, 0.3) is 11.2 Å². The van der Waals surface area contributed by atoms with E-state index in [-0.39, 0.29) is 41.4 Å². The van der Waals surface area contributed by atoms with E-state index < -0.39 is 18.1 Å². The summed E-state index contributed by atoms with van der Waals surface area (Å²) < 4.78 is 44.6. The zero-order chi connectivity index (χ0) is 27.4. The fourth-order valence-electron chi connectivity index (χ4n) is 3.95. The smallest absolute Gasteiger partial charge is 0.383 e. The molecule has 38 heavy (non-hydrogen) atoms. The summed E-state index contributed by atoms with van der Waals surface area (Å²) in [7, 11) is 1.53. The Kier molecular flexibility index (Phi) is 7.67.